The summed E-state index contributed by atoms with van der Waals surface area (Å²) in [5, 5.41) is 6.71. The van der Waals surface area contributed by atoms with Crippen LogP contribution in [0, 0.1) is 5.41 Å². The van der Waals surface area contributed by atoms with Crippen molar-refractivity contribution in [2.45, 2.75) is 45.6 Å². The Morgan fingerprint density at radius 2 is 2.07 bits per heavy atom. The molecule has 160 valence electrons. The van der Waals surface area contributed by atoms with Crippen molar-refractivity contribution in [3.63, 3.8) is 0 Å². The van der Waals surface area contributed by atoms with E-state index in [2.05, 4.69) is 15.6 Å². The third-order valence-corrected chi connectivity index (χ3v) is 4.92. The van der Waals surface area contributed by atoms with Crippen molar-refractivity contribution in [3.8, 4) is 5.75 Å². The molecule has 0 atom stereocenters. The standard InChI is InChI=1S/C20H31F2N3O2.HI/c1-3-23-19(25-15-20(8-5-9-20)10-11-26-2)24-13-16-6-4-7-17(12-16)27-14-18(21)22;/h4,6-7,12,18H,3,5,8-11,13-15H2,1-2H3,(H2,23,24,25);1H. The van der Waals surface area contributed by atoms with E-state index in [-0.39, 0.29) is 24.0 Å². The van der Waals surface area contributed by atoms with Crippen molar-refractivity contribution in [1.82, 2.24) is 10.6 Å². The van der Waals surface area contributed by atoms with E-state index in [4.69, 9.17) is 9.47 Å². The van der Waals surface area contributed by atoms with Crippen LogP contribution in [0.5, 0.6) is 5.75 Å². The molecule has 0 bridgehead atoms. The molecule has 8 heteroatoms. The zero-order valence-corrected chi connectivity index (χ0v) is 19.0. The van der Waals surface area contributed by atoms with Gasteiger partial charge in [-0.3, -0.25) is 0 Å². The molecular formula is C20H32F2IN3O2. The first kappa shape index (κ1) is 24.9. The van der Waals surface area contributed by atoms with Gasteiger partial charge in [-0.25, -0.2) is 13.8 Å². The molecule has 0 heterocycles. The molecular weight excluding hydrogens is 479 g/mol. The summed E-state index contributed by atoms with van der Waals surface area (Å²) in [7, 11) is 1.74. The van der Waals surface area contributed by atoms with Crippen molar-refractivity contribution in [2.75, 3.05) is 33.4 Å². The second-order valence-corrected chi connectivity index (χ2v) is 6.99. The van der Waals surface area contributed by atoms with Gasteiger partial charge in [0.15, 0.2) is 5.96 Å². The normalized spacial score (nSPS) is 15.5. The van der Waals surface area contributed by atoms with Crippen LogP contribution >= 0.6 is 24.0 Å². The number of nitrogens with one attached hydrogen (secondary N) is 2. The molecule has 1 aliphatic rings. The number of halogens is 3. The number of aliphatic imine (C=N–C) groups is 1. The van der Waals surface area contributed by atoms with E-state index in [1.807, 2.05) is 13.0 Å². The number of benzene rings is 1. The smallest absolute Gasteiger partial charge is 0.272 e. The minimum atomic E-state index is -2.48. The molecule has 5 nitrogen and oxygen atoms in total. The Kier molecular flexibility index (Phi) is 11.7. The number of guanidine groups is 1. The fraction of sp³-hybridized carbons (Fsp3) is 0.650. The van der Waals surface area contributed by atoms with Gasteiger partial charge in [-0.1, -0.05) is 18.6 Å². The Bertz CT molecular complexity index is 599. The number of hydrogen-bond acceptors (Lipinski definition) is 3. The Hall–Kier alpha value is -1.16. The molecule has 2 rings (SSSR count). The van der Waals surface area contributed by atoms with E-state index in [1.165, 1.54) is 19.3 Å². The maximum Gasteiger partial charge on any atom is 0.272 e. The van der Waals surface area contributed by atoms with Crippen LogP contribution in [0.15, 0.2) is 29.3 Å². The second-order valence-electron chi connectivity index (χ2n) is 6.99. The third kappa shape index (κ3) is 8.46. The molecule has 0 radical (unpaired) electrons. The Labute approximate surface area is 183 Å². The van der Waals surface area contributed by atoms with Gasteiger partial charge in [0.05, 0.1) is 6.54 Å². The zero-order valence-electron chi connectivity index (χ0n) is 16.7. The van der Waals surface area contributed by atoms with Crippen molar-refractivity contribution in [1.29, 1.82) is 0 Å². The van der Waals surface area contributed by atoms with Crippen LogP contribution in [0.4, 0.5) is 8.78 Å². The second kappa shape index (κ2) is 13.1. The van der Waals surface area contributed by atoms with Crippen molar-refractivity contribution >= 4 is 29.9 Å². The summed E-state index contributed by atoms with van der Waals surface area (Å²) in [6, 6.07) is 7.13. The number of alkyl halides is 2. The summed E-state index contributed by atoms with van der Waals surface area (Å²) in [5.74, 6) is 1.20. The van der Waals surface area contributed by atoms with E-state index in [9.17, 15) is 8.78 Å². The van der Waals surface area contributed by atoms with Gasteiger partial charge in [0, 0.05) is 26.8 Å². The van der Waals surface area contributed by atoms with Crippen molar-refractivity contribution in [3.05, 3.63) is 29.8 Å². The summed E-state index contributed by atoms with van der Waals surface area (Å²) in [5.41, 5.74) is 1.21. The lowest BCUT2D eigenvalue weighted by atomic mass is 9.67. The minimum absolute atomic E-state index is 0. The highest BCUT2D eigenvalue weighted by atomic mass is 127. The van der Waals surface area contributed by atoms with Crippen LogP contribution in [-0.4, -0.2) is 45.8 Å². The fourth-order valence-electron chi connectivity index (χ4n) is 3.19. The summed E-state index contributed by atoms with van der Waals surface area (Å²) in [4.78, 5) is 4.62. The SMILES string of the molecule is CCNC(=NCc1cccc(OCC(F)F)c1)NCC1(CCOC)CCC1.I. The number of ether oxygens (including phenoxy) is 2. The number of rotatable bonds is 11. The first-order valence-electron chi connectivity index (χ1n) is 9.58. The van der Waals surface area contributed by atoms with Gasteiger partial charge in [0.2, 0.25) is 0 Å². The van der Waals surface area contributed by atoms with Crippen LogP contribution in [0.3, 0.4) is 0 Å². The number of nitrogens with zero attached hydrogens (tertiary/aromatic N) is 1. The van der Waals surface area contributed by atoms with Gasteiger partial charge < -0.3 is 20.1 Å². The lowest BCUT2D eigenvalue weighted by Crippen LogP contribution is -2.46. The van der Waals surface area contributed by atoms with Gasteiger partial charge in [-0.05, 0) is 49.3 Å². The maximum atomic E-state index is 12.3. The Morgan fingerprint density at radius 3 is 2.68 bits per heavy atom. The van der Waals surface area contributed by atoms with Gasteiger partial charge in [-0.15, -0.1) is 24.0 Å². The van der Waals surface area contributed by atoms with Crippen LogP contribution in [0.1, 0.15) is 38.2 Å². The highest BCUT2D eigenvalue weighted by Crippen LogP contribution is 2.43. The predicted molar refractivity (Wildman–Crippen MR) is 119 cm³/mol. The third-order valence-electron chi connectivity index (χ3n) is 4.92. The molecule has 1 fully saturated rings. The monoisotopic (exact) mass is 511 g/mol. The van der Waals surface area contributed by atoms with E-state index >= 15 is 0 Å². The minimum Gasteiger partial charge on any atom is -0.488 e. The van der Waals surface area contributed by atoms with E-state index in [0.717, 1.165) is 37.6 Å². The first-order valence-corrected chi connectivity index (χ1v) is 9.58. The lowest BCUT2D eigenvalue weighted by Gasteiger charge is -2.42. The van der Waals surface area contributed by atoms with Crippen molar-refractivity contribution < 1.29 is 18.3 Å². The van der Waals surface area contributed by atoms with Crippen LogP contribution in [0.2, 0.25) is 0 Å². The van der Waals surface area contributed by atoms with Gasteiger partial charge in [0.25, 0.3) is 6.43 Å². The number of hydrogen-bond donors (Lipinski definition) is 2. The lowest BCUT2D eigenvalue weighted by molar-refractivity contribution is 0.0732. The van der Waals surface area contributed by atoms with E-state index in [1.54, 1.807) is 25.3 Å². The molecule has 0 unspecified atom stereocenters. The summed E-state index contributed by atoms with van der Waals surface area (Å²) >= 11 is 0. The molecule has 0 aliphatic heterocycles. The van der Waals surface area contributed by atoms with Gasteiger partial charge in [-0.2, -0.15) is 0 Å². The molecule has 0 saturated heterocycles. The highest BCUT2D eigenvalue weighted by molar-refractivity contribution is 14.0. The van der Waals surface area contributed by atoms with E-state index < -0.39 is 13.0 Å². The van der Waals surface area contributed by atoms with Crippen LogP contribution in [0.25, 0.3) is 0 Å². The molecule has 1 aliphatic carbocycles. The van der Waals surface area contributed by atoms with Crippen LogP contribution < -0.4 is 15.4 Å². The molecule has 0 amide bonds. The topological polar surface area (TPSA) is 54.9 Å². The Balaban J connectivity index is 0.00000392. The Morgan fingerprint density at radius 1 is 1.29 bits per heavy atom. The summed E-state index contributed by atoms with van der Waals surface area (Å²) in [6.45, 7) is 4.31. The molecule has 0 spiro atoms. The summed E-state index contributed by atoms with van der Waals surface area (Å²) < 4.78 is 34.9. The molecule has 1 saturated carbocycles. The molecule has 1 aromatic carbocycles. The molecule has 28 heavy (non-hydrogen) atoms. The van der Waals surface area contributed by atoms with Crippen molar-refractivity contribution in [2.24, 2.45) is 10.4 Å². The largest absolute Gasteiger partial charge is 0.488 e. The molecule has 1 aromatic rings. The van der Waals surface area contributed by atoms with Gasteiger partial charge in [0.1, 0.15) is 12.4 Å². The zero-order chi connectivity index (χ0) is 19.5. The average molecular weight is 511 g/mol. The number of methoxy groups -OCH3 is 1. The average Bonchev–Trinajstić information content (AvgIpc) is 2.63. The summed E-state index contributed by atoms with van der Waals surface area (Å²) in [6.07, 6.45) is 2.27. The highest BCUT2D eigenvalue weighted by Gasteiger charge is 2.36. The maximum absolute atomic E-state index is 12.3. The van der Waals surface area contributed by atoms with E-state index in [0.29, 0.717) is 17.7 Å². The quantitative estimate of drug-likeness (QED) is 0.266. The fourth-order valence-corrected chi connectivity index (χ4v) is 3.19. The first-order chi connectivity index (χ1) is 13.1. The molecule has 0 aromatic heterocycles. The van der Waals surface area contributed by atoms with Gasteiger partial charge >= 0.3 is 0 Å². The molecule has 2 N–H and O–H groups in total. The predicted octanol–water partition coefficient (Wildman–Crippen LogP) is 4.21. The van der Waals surface area contributed by atoms with Crippen LogP contribution in [-0.2, 0) is 11.3 Å².